The summed E-state index contributed by atoms with van der Waals surface area (Å²) >= 11 is 13.4. The molecule has 0 bridgehead atoms. The van der Waals surface area contributed by atoms with E-state index in [1.807, 2.05) is 12.1 Å². The molecule has 1 aromatic heterocycles. The maximum Gasteiger partial charge on any atom is 0.266 e. The number of benzene rings is 2. The Morgan fingerprint density at radius 1 is 1.12 bits per heavy atom. The molecule has 0 unspecified atom stereocenters. The van der Waals surface area contributed by atoms with Crippen LogP contribution in [0.25, 0.3) is 6.08 Å². The lowest BCUT2D eigenvalue weighted by Gasteiger charge is -2.09. The van der Waals surface area contributed by atoms with Crippen molar-refractivity contribution in [2.24, 2.45) is 0 Å². The molecule has 1 aliphatic rings. The van der Waals surface area contributed by atoms with Gasteiger partial charge in [-0.25, -0.2) is 0 Å². The number of aryl methyl sites for hydroxylation is 1. The fourth-order valence-corrected chi connectivity index (χ4v) is 5.30. The van der Waals surface area contributed by atoms with Crippen LogP contribution in [-0.4, -0.2) is 5.91 Å². The van der Waals surface area contributed by atoms with Gasteiger partial charge in [-0.3, -0.25) is 4.79 Å². The van der Waals surface area contributed by atoms with Gasteiger partial charge in [-0.2, -0.15) is 10.5 Å². The van der Waals surface area contributed by atoms with Gasteiger partial charge in [-0.05, 0) is 72.7 Å². The largest absolute Gasteiger partial charge is 0.489 e. The first kappa shape index (κ1) is 23.9. The Hall–Kier alpha value is -3.29. The summed E-state index contributed by atoms with van der Waals surface area (Å²) in [4.78, 5) is 14.0. The van der Waals surface area contributed by atoms with Crippen molar-refractivity contribution in [3.05, 3.63) is 85.2 Å². The number of thiophene rings is 1. The molecule has 5 nitrogen and oxygen atoms in total. The molecule has 2 aromatic carbocycles. The molecule has 0 saturated carbocycles. The molecule has 1 heterocycles. The van der Waals surface area contributed by atoms with Crippen molar-refractivity contribution < 1.29 is 9.53 Å². The summed E-state index contributed by atoms with van der Waals surface area (Å²) < 4.78 is 5.83. The number of ether oxygens (including phenoxy) is 1. The van der Waals surface area contributed by atoms with Gasteiger partial charge in [-0.1, -0.05) is 41.4 Å². The Labute approximate surface area is 211 Å². The molecule has 34 heavy (non-hydrogen) atoms. The van der Waals surface area contributed by atoms with Gasteiger partial charge in [0.2, 0.25) is 0 Å². The van der Waals surface area contributed by atoms with Crippen LogP contribution in [0.15, 0.2) is 48.0 Å². The first-order valence-electron chi connectivity index (χ1n) is 10.6. The molecule has 4 rings (SSSR count). The first-order valence-corrected chi connectivity index (χ1v) is 12.2. The molecule has 0 spiro atoms. The number of carbonyl (C=O) groups excluding carboxylic acids is 1. The van der Waals surface area contributed by atoms with Gasteiger partial charge in [0, 0.05) is 4.88 Å². The third-order valence-corrected chi connectivity index (χ3v) is 7.38. The lowest BCUT2D eigenvalue weighted by atomic mass is 9.96. The third kappa shape index (κ3) is 5.43. The number of fused-ring (bicyclic) bond motifs is 1. The molecular formula is C26H19Cl2N3O2S. The van der Waals surface area contributed by atoms with Crippen molar-refractivity contribution in [3.8, 4) is 17.9 Å². The molecule has 0 saturated heterocycles. The van der Waals surface area contributed by atoms with Crippen molar-refractivity contribution in [1.29, 1.82) is 10.5 Å². The zero-order chi connectivity index (χ0) is 24.1. The zero-order valence-corrected chi connectivity index (χ0v) is 20.4. The molecule has 1 amide bonds. The number of rotatable bonds is 6. The molecule has 0 aliphatic heterocycles. The van der Waals surface area contributed by atoms with Gasteiger partial charge in [0.15, 0.2) is 0 Å². The summed E-state index contributed by atoms with van der Waals surface area (Å²) in [6.07, 6.45) is 5.39. The van der Waals surface area contributed by atoms with Crippen LogP contribution in [0.4, 0.5) is 5.00 Å². The van der Waals surface area contributed by atoms with Crippen molar-refractivity contribution in [2.75, 3.05) is 5.32 Å². The van der Waals surface area contributed by atoms with E-state index in [4.69, 9.17) is 27.9 Å². The average molecular weight is 508 g/mol. The van der Waals surface area contributed by atoms with Gasteiger partial charge >= 0.3 is 0 Å². The van der Waals surface area contributed by atoms with E-state index in [1.54, 1.807) is 36.4 Å². The van der Waals surface area contributed by atoms with Crippen molar-refractivity contribution >= 4 is 51.5 Å². The van der Waals surface area contributed by atoms with E-state index >= 15 is 0 Å². The number of hydrogen-bond donors (Lipinski definition) is 1. The van der Waals surface area contributed by atoms with Gasteiger partial charge < -0.3 is 10.1 Å². The number of nitrogens with one attached hydrogen (secondary N) is 1. The minimum Gasteiger partial charge on any atom is -0.489 e. The fraction of sp³-hybridized carbons (Fsp3) is 0.192. The van der Waals surface area contributed by atoms with Crippen LogP contribution in [0.3, 0.4) is 0 Å². The van der Waals surface area contributed by atoms with Crippen LogP contribution >= 0.6 is 34.5 Å². The Morgan fingerprint density at radius 3 is 2.71 bits per heavy atom. The smallest absolute Gasteiger partial charge is 0.266 e. The first-order chi connectivity index (χ1) is 16.5. The van der Waals surface area contributed by atoms with Crippen LogP contribution in [-0.2, 0) is 24.2 Å². The quantitative estimate of drug-likeness (QED) is 0.289. The molecule has 8 heteroatoms. The number of nitrogens with zero attached hydrogens (tertiary/aromatic N) is 2. The summed E-state index contributed by atoms with van der Waals surface area (Å²) in [5.74, 6) is 0.0370. The van der Waals surface area contributed by atoms with Crippen LogP contribution in [0, 0.1) is 22.7 Å². The lowest BCUT2D eigenvalue weighted by molar-refractivity contribution is -0.112. The molecular weight excluding hydrogens is 489 g/mol. The Kier molecular flexibility index (Phi) is 7.55. The molecule has 0 fully saturated rings. The average Bonchev–Trinajstić information content (AvgIpc) is 3.20. The van der Waals surface area contributed by atoms with Crippen molar-refractivity contribution in [2.45, 2.75) is 32.3 Å². The Bertz CT molecular complexity index is 1370. The van der Waals surface area contributed by atoms with Crippen LogP contribution in [0.5, 0.6) is 5.75 Å². The molecule has 3 aromatic rings. The standard InChI is InChI=1S/C26H19Cl2N3O2S/c27-22-9-8-17(12-23(22)28)15-33-19-5-3-4-16(11-19)10-18(13-29)25(32)31-26-21(14-30)20-6-1-2-7-24(20)34-26/h3-5,8-12H,1-2,6-7,15H2,(H,31,32)/b18-10+. The highest BCUT2D eigenvalue weighted by Crippen LogP contribution is 2.37. The molecule has 0 atom stereocenters. The summed E-state index contributed by atoms with van der Waals surface area (Å²) in [5, 5.41) is 23.4. The van der Waals surface area contributed by atoms with E-state index in [-0.39, 0.29) is 12.2 Å². The Balaban J connectivity index is 1.48. The highest BCUT2D eigenvalue weighted by Gasteiger charge is 2.22. The molecule has 170 valence electrons. The summed E-state index contributed by atoms with van der Waals surface area (Å²) in [7, 11) is 0. The predicted molar refractivity (Wildman–Crippen MR) is 135 cm³/mol. The van der Waals surface area contributed by atoms with E-state index in [0.717, 1.165) is 41.7 Å². The lowest BCUT2D eigenvalue weighted by Crippen LogP contribution is -2.13. The molecule has 0 radical (unpaired) electrons. The van der Waals surface area contributed by atoms with E-state index in [0.29, 0.717) is 31.9 Å². The van der Waals surface area contributed by atoms with Gasteiger partial charge in [0.05, 0.1) is 15.6 Å². The van der Waals surface area contributed by atoms with E-state index in [9.17, 15) is 15.3 Å². The number of halogens is 2. The van der Waals surface area contributed by atoms with E-state index < -0.39 is 5.91 Å². The van der Waals surface area contributed by atoms with Crippen molar-refractivity contribution in [3.63, 3.8) is 0 Å². The maximum absolute atomic E-state index is 12.8. The number of hydrogen-bond acceptors (Lipinski definition) is 5. The van der Waals surface area contributed by atoms with Crippen LogP contribution in [0.2, 0.25) is 10.0 Å². The van der Waals surface area contributed by atoms with E-state index in [2.05, 4.69) is 11.4 Å². The minimum absolute atomic E-state index is 0.0584. The van der Waals surface area contributed by atoms with Gasteiger partial charge in [0.1, 0.15) is 35.1 Å². The van der Waals surface area contributed by atoms with Gasteiger partial charge in [0.25, 0.3) is 5.91 Å². The van der Waals surface area contributed by atoms with E-state index in [1.165, 1.54) is 17.4 Å². The van der Waals surface area contributed by atoms with Crippen molar-refractivity contribution in [1.82, 2.24) is 0 Å². The summed E-state index contributed by atoms with van der Waals surface area (Å²) in [5.41, 5.74) is 2.99. The highest BCUT2D eigenvalue weighted by molar-refractivity contribution is 7.16. The number of carbonyl (C=O) groups is 1. The van der Waals surface area contributed by atoms with Gasteiger partial charge in [-0.15, -0.1) is 11.3 Å². The second-order valence-corrected chi connectivity index (χ2v) is 9.68. The topological polar surface area (TPSA) is 85.9 Å². The zero-order valence-electron chi connectivity index (χ0n) is 18.0. The monoisotopic (exact) mass is 507 g/mol. The fourth-order valence-electron chi connectivity index (χ4n) is 3.75. The molecule has 1 N–H and O–H groups in total. The van der Waals surface area contributed by atoms with Crippen LogP contribution in [0.1, 0.15) is 40.0 Å². The highest BCUT2D eigenvalue weighted by atomic mass is 35.5. The number of anilines is 1. The maximum atomic E-state index is 12.8. The minimum atomic E-state index is -0.542. The summed E-state index contributed by atoms with van der Waals surface area (Å²) in [6.45, 7) is 0.287. The second kappa shape index (κ2) is 10.8. The summed E-state index contributed by atoms with van der Waals surface area (Å²) in [6, 6.07) is 16.5. The van der Waals surface area contributed by atoms with Crippen LogP contribution < -0.4 is 10.1 Å². The second-order valence-electron chi connectivity index (χ2n) is 7.76. The number of amides is 1. The normalized spacial score (nSPS) is 12.9. The number of nitriles is 2. The third-order valence-electron chi connectivity index (χ3n) is 5.43. The Morgan fingerprint density at radius 2 is 1.94 bits per heavy atom. The molecule has 1 aliphatic carbocycles. The predicted octanol–water partition coefficient (Wildman–Crippen LogP) is 6.93. The SMILES string of the molecule is N#C/C(=C\c1cccc(OCc2ccc(Cl)c(Cl)c2)c1)C(=O)Nc1sc2c(c1C#N)CCCC2.